The smallest absolute Gasteiger partial charge is 0.664 e. The first-order valence-corrected chi connectivity index (χ1v) is 24.9. The van der Waals surface area contributed by atoms with Crippen LogP contribution in [0.4, 0.5) is 0 Å². The maximum Gasteiger partial charge on any atom is 2.00 e. The van der Waals surface area contributed by atoms with Gasteiger partial charge < -0.3 is 30.1 Å². The summed E-state index contributed by atoms with van der Waals surface area (Å²) < 4.78 is 11.1. The molecule has 8 atom stereocenters. The molecule has 2 saturated heterocycles. The number of ketones is 2. The number of allylic oxidation sites excluding steroid dienone is 4. The standard InChI is InChI=1S/C55H78N4O6.Mg/c1-13-39-34(7)41-29-46-48(38(11)60)36(9)43(57-46)27-42-35(8)40(52(58-42)50-51(55(63)64-12)54(62)49-37(10)44(59-53(49)50)28-45(39)56-41)23-24-47(61)65-26-25-33(6)22-16-21-32(5)20-15-19-31(4)18-14-17-30(2)3;/h27-35,39-40,51H,13-26H2,1-12H3,(H2-2,56,57,58,59,60,62);/q-2;+2/p-2/b42-27-,45-28-;. The van der Waals surface area contributed by atoms with Gasteiger partial charge >= 0.3 is 35.0 Å². The zero-order chi connectivity index (χ0) is 47.3. The van der Waals surface area contributed by atoms with E-state index in [0.29, 0.717) is 75.4 Å². The van der Waals surface area contributed by atoms with Crippen LogP contribution in [0.5, 0.6) is 0 Å². The second-order valence-electron chi connectivity index (χ2n) is 20.6. The van der Waals surface area contributed by atoms with Crippen molar-refractivity contribution in [2.24, 2.45) is 53.3 Å². The van der Waals surface area contributed by atoms with Gasteiger partial charge in [-0.25, -0.2) is 0 Å². The molecule has 2 aromatic rings. The molecular weight excluding hydrogens is 837 g/mol. The van der Waals surface area contributed by atoms with Crippen molar-refractivity contribution in [2.75, 3.05) is 13.7 Å². The Morgan fingerprint density at radius 3 is 1.85 bits per heavy atom. The number of nitrogens with zero attached hydrogens (tertiary/aromatic N) is 4. The number of methoxy groups -OCH3 is 1. The Morgan fingerprint density at radius 1 is 0.712 bits per heavy atom. The maximum absolute atomic E-state index is 14.4. The van der Waals surface area contributed by atoms with Gasteiger partial charge in [0.15, 0.2) is 11.6 Å². The predicted molar refractivity (Wildman–Crippen MR) is 266 cm³/mol. The van der Waals surface area contributed by atoms with E-state index in [1.54, 1.807) is 6.92 Å². The molecule has 356 valence electrons. The fourth-order valence-electron chi connectivity index (χ4n) is 10.8. The van der Waals surface area contributed by atoms with Gasteiger partial charge in [0, 0.05) is 17.5 Å². The van der Waals surface area contributed by atoms with Crippen LogP contribution in [-0.2, 0) is 19.1 Å². The molecular formula is C55H76MgN4O6-2. The van der Waals surface area contributed by atoms with Gasteiger partial charge in [0.05, 0.1) is 13.7 Å². The fourth-order valence-corrected chi connectivity index (χ4v) is 10.8. The average Bonchev–Trinajstić information content (AvgIpc) is 4.00. The average molecular weight is 914 g/mol. The van der Waals surface area contributed by atoms with Crippen molar-refractivity contribution >= 4 is 70.4 Å². The molecule has 0 amide bonds. The number of esters is 2. The fraction of sp³-hybridized carbons (Fsp3) is 0.636. The van der Waals surface area contributed by atoms with Crippen LogP contribution < -0.4 is 9.97 Å². The van der Waals surface area contributed by atoms with Gasteiger partial charge in [-0.3, -0.25) is 19.2 Å². The second kappa shape index (κ2) is 23.5. The number of ether oxygens (including phenoxy) is 2. The van der Waals surface area contributed by atoms with Crippen LogP contribution in [0.2, 0.25) is 0 Å². The van der Waals surface area contributed by atoms with Gasteiger partial charge in [-0.1, -0.05) is 155 Å². The first-order valence-electron chi connectivity index (χ1n) is 24.9. The summed E-state index contributed by atoms with van der Waals surface area (Å²) >= 11 is 0. The second-order valence-corrected chi connectivity index (χ2v) is 20.6. The Morgan fingerprint density at radius 2 is 1.26 bits per heavy atom. The van der Waals surface area contributed by atoms with Crippen LogP contribution in [0.25, 0.3) is 34.4 Å². The monoisotopic (exact) mass is 913 g/mol. The minimum atomic E-state index is -1.24. The first-order chi connectivity index (χ1) is 30.9. The van der Waals surface area contributed by atoms with Crippen molar-refractivity contribution < 1.29 is 28.7 Å². The number of rotatable bonds is 21. The van der Waals surface area contributed by atoms with E-state index in [4.69, 9.17) is 30.1 Å². The molecule has 0 aromatic carbocycles. The molecule has 1 aliphatic carbocycles. The zero-order valence-electron chi connectivity index (χ0n) is 42.3. The van der Waals surface area contributed by atoms with Gasteiger partial charge in [0.2, 0.25) is 0 Å². The summed E-state index contributed by atoms with van der Waals surface area (Å²) in [5.41, 5.74) is 7.97. The quantitative estimate of drug-likeness (QED) is 0.0521. The number of hydrogen-bond acceptors (Lipinski definition) is 6. The van der Waals surface area contributed by atoms with Crippen molar-refractivity contribution in [3.63, 3.8) is 0 Å². The van der Waals surface area contributed by atoms with Crippen LogP contribution in [0.15, 0.2) is 22.8 Å². The van der Waals surface area contributed by atoms with Crippen LogP contribution in [0.3, 0.4) is 0 Å². The molecule has 0 radical (unpaired) electrons. The summed E-state index contributed by atoms with van der Waals surface area (Å²) in [5.74, 6) is -0.269. The van der Waals surface area contributed by atoms with Crippen molar-refractivity contribution in [1.82, 2.24) is 9.97 Å². The Bertz CT molecular complexity index is 2220. The van der Waals surface area contributed by atoms with Gasteiger partial charge in [-0.2, -0.15) is 22.8 Å². The number of aromatic nitrogens is 2. The third kappa shape index (κ3) is 11.9. The summed E-state index contributed by atoms with van der Waals surface area (Å²) in [7, 11) is 1.29. The van der Waals surface area contributed by atoms with Crippen molar-refractivity contribution in [3.05, 3.63) is 78.5 Å². The first kappa shape index (κ1) is 53.1. The molecule has 2 aromatic heterocycles. The summed E-state index contributed by atoms with van der Waals surface area (Å²) in [4.78, 5) is 64.7. The molecule has 6 rings (SSSR count). The van der Waals surface area contributed by atoms with E-state index in [-0.39, 0.29) is 70.7 Å². The maximum atomic E-state index is 14.4. The number of fused-ring (bicyclic) bond motifs is 7. The molecule has 3 aliphatic heterocycles. The molecule has 4 aliphatic rings. The molecule has 0 saturated carbocycles. The van der Waals surface area contributed by atoms with Gasteiger partial charge in [0.1, 0.15) is 5.92 Å². The molecule has 0 N–H and O–H groups in total. The van der Waals surface area contributed by atoms with E-state index < -0.39 is 11.9 Å². The Labute approximate surface area is 412 Å². The van der Waals surface area contributed by atoms with Crippen molar-refractivity contribution in [3.8, 4) is 0 Å². The van der Waals surface area contributed by atoms with Crippen LogP contribution in [-0.4, -0.2) is 60.3 Å². The largest absolute Gasteiger partial charge is 2.00 e. The Kier molecular flexibility index (Phi) is 18.9. The summed E-state index contributed by atoms with van der Waals surface area (Å²) in [6.07, 6.45) is 19.5. The normalized spacial score (nSPS) is 25.7. The molecule has 10 nitrogen and oxygen atoms in total. The number of Topliss-reactive ketones (excluding diaryl/α,β-unsaturated/α-hetero) is 2. The third-order valence-corrected chi connectivity index (χ3v) is 15.1. The summed E-state index contributed by atoms with van der Waals surface area (Å²) in [6.45, 7) is 23.7. The van der Waals surface area contributed by atoms with E-state index in [1.807, 2.05) is 39.0 Å². The summed E-state index contributed by atoms with van der Waals surface area (Å²) in [6, 6.07) is 0. The van der Waals surface area contributed by atoms with Gasteiger partial charge in [-0.15, -0.1) is 22.8 Å². The minimum Gasteiger partial charge on any atom is -0.664 e. The van der Waals surface area contributed by atoms with Crippen LogP contribution >= 0.6 is 0 Å². The number of hydrogen-bond donors (Lipinski definition) is 0. The van der Waals surface area contributed by atoms with Gasteiger partial charge in [-0.05, 0) is 81.0 Å². The predicted octanol–water partition coefficient (Wildman–Crippen LogP) is 13.0. The van der Waals surface area contributed by atoms with E-state index in [9.17, 15) is 19.2 Å². The van der Waals surface area contributed by atoms with E-state index in [0.717, 1.165) is 54.0 Å². The van der Waals surface area contributed by atoms with E-state index in [2.05, 4.69) is 48.5 Å². The zero-order valence-corrected chi connectivity index (χ0v) is 43.7. The Hall–Kier alpha value is -3.83. The van der Waals surface area contributed by atoms with Crippen molar-refractivity contribution in [2.45, 2.75) is 160 Å². The molecule has 11 heteroatoms. The molecule has 5 heterocycles. The molecule has 66 heavy (non-hydrogen) atoms. The van der Waals surface area contributed by atoms with Gasteiger partial charge in [0.25, 0.3) is 0 Å². The molecule has 8 bridgehead atoms. The number of carbonyl (C=O) groups is 4. The topological polar surface area (TPSA) is 143 Å². The van der Waals surface area contributed by atoms with E-state index in [1.165, 1.54) is 58.5 Å². The van der Waals surface area contributed by atoms with E-state index >= 15 is 0 Å². The Balaban J connectivity index is 0.00000817. The SMILES string of the molecule is CCC1/C2=C/c3[n-]c4c(c3C)C(=O)C(C(=O)OC)/C4=C3/[N-]/C(=C\c4[n-]c(c(C(C)=O)c4C)/C=C(\[N-]2)C1C)C(C)C3CCC(=O)OCCC(C)CCCC(C)CCCC(C)CCCC(C)C.[Mg+2]. The van der Waals surface area contributed by atoms with Crippen molar-refractivity contribution in [1.29, 1.82) is 0 Å². The molecule has 2 fully saturated rings. The summed E-state index contributed by atoms with van der Waals surface area (Å²) in [5, 5.41) is 10.3. The number of carbonyl (C=O) groups excluding carboxylic acids is 4. The van der Waals surface area contributed by atoms with Crippen LogP contribution in [0.1, 0.15) is 200 Å². The molecule has 8 unspecified atom stereocenters. The minimum absolute atomic E-state index is 0. The van der Waals surface area contributed by atoms with Crippen LogP contribution in [0, 0.1) is 67.1 Å². The molecule has 0 spiro atoms. The third-order valence-electron chi connectivity index (χ3n) is 15.1.